The highest BCUT2D eigenvalue weighted by molar-refractivity contribution is 5.95. The van der Waals surface area contributed by atoms with E-state index in [4.69, 9.17) is 10.3 Å². The van der Waals surface area contributed by atoms with Gasteiger partial charge in [-0.05, 0) is 18.2 Å². The normalized spacial score (nSPS) is 10.3. The van der Waals surface area contributed by atoms with Gasteiger partial charge in [-0.15, -0.1) is 0 Å². The molecule has 1 heterocycles. The summed E-state index contributed by atoms with van der Waals surface area (Å²) in [5.41, 5.74) is 5.69. The van der Waals surface area contributed by atoms with E-state index in [-0.39, 0.29) is 12.1 Å². The van der Waals surface area contributed by atoms with Crippen molar-refractivity contribution >= 4 is 11.6 Å². The van der Waals surface area contributed by atoms with Crippen LogP contribution in [-0.2, 0) is 6.54 Å². The first-order valence-electron chi connectivity index (χ1n) is 5.18. The fourth-order valence-corrected chi connectivity index (χ4v) is 1.38. The summed E-state index contributed by atoms with van der Waals surface area (Å²) in [4.78, 5) is 15.6. The van der Waals surface area contributed by atoms with Gasteiger partial charge in [0.05, 0.1) is 12.1 Å². The summed E-state index contributed by atoms with van der Waals surface area (Å²) in [6.07, 6.45) is 0. The summed E-state index contributed by atoms with van der Waals surface area (Å²) < 4.78 is 18.1. The fraction of sp³-hybridized carbons (Fsp3) is 0.182. The number of hydrogen-bond donors (Lipinski definition) is 2. The average molecular weight is 250 g/mol. The molecule has 0 aliphatic heterocycles. The molecule has 18 heavy (non-hydrogen) atoms. The van der Waals surface area contributed by atoms with Crippen molar-refractivity contribution in [3.8, 4) is 0 Å². The molecule has 0 radical (unpaired) electrons. The number of rotatable bonds is 3. The molecule has 0 aliphatic rings. The van der Waals surface area contributed by atoms with E-state index in [1.807, 2.05) is 0 Å². The molecule has 1 aromatic carbocycles. The van der Waals surface area contributed by atoms with E-state index in [0.717, 1.165) is 6.07 Å². The van der Waals surface area contributed by atoms with Crippen LogP contribution < -0.4 is 11.1 Å². The minimum absolute atomic E-state index is 0.0599. The Morgan fingerprint density at radius 1 is 1.56 bits per heavy atom. The summed E-state index contributed by atoms with van der Waals surface area (Å²) >= 11 is 0. The maximum atomic E-state index is 13.4. The van der Waals surface area contributed by atoms with Crippen LogP contribution in [0.3, 0.4) is 0 Å². The third kappa shape index (κ3) is 2.62. The largest absolute Gasteiger partial charge is 0.399 e. The number of benzene rings is 1. The quantitative estimate of drug-likeness (QED) is 0.793. The van der Waals surface area contributed by atoms with E-state index in [0.29, 0.717) is 17.4 Å². The van der Waals surface area contributed by atoms with Crippen LogP contribution in [-0.4, -0.2) is 16.0 Å². The molecule has 1 amide bonds. The monoisotopic (exact) mass is 250 g/mol. The van der Waals surface area contributed by atoms with E-state index >= 15 is 0 Å². The van der Waals surface area contributed by atoms with Crippen LogP contribution >= 0.6 is 0 Å². The third-order valence-corrected chi connectivity index (χ3v) is 2.21. The molecule has 2 rings (SSSR count). The Morgan fingerprint density at radius 2 is 2.33 bits per heavy atom. The summed E-state index contributed by atoms with van der Waals surface area (Å²) in [5, 5.41) is 6.08. The number of nitrogen functional groups attached to an aromatic ring is 1. The minimum atomic E-state index is -0.633. The van der Waals surface area contributed by atoms with Gasteiger partial charge in [0, 0.05) is 12.6 Å². The van der Waals surface area contributed by atoms with Gasteiger partial charge in [0.2, 0.25) is 5.89 Å². The van der Waals surface area contributed by atoms with E-state index in [1.165, 1.54) is 12.1 Å². The Bertz CT molecular complexity index is 582. The topological polar surface area (TPSA) is 94.0 Å². The highest BCUT2D eigenvalue weighted by atomic mass is 19.1. The maximum absolute atomic E-state index is 13.4. The third-order valence-electron chi connectivity index (χ3n) is 2.21. The van der Waals surface area contributed by atoms with E-state index in [1.54, 1.807) is 6.92 Å². The summed E-state index contributed by atoms with van der Waals surface area (Å²) in [6, 6.07) is 3.80. The number of carbonyl (C=O) groups excluding carboxylic acids is 1. The SMILES string of the molecule is Cc1nc(CNC(=O)c2cc(N)ccc2F)no1. The lowest BCUT2D eigenvalue weighted by Crippen LogP contribution is -2.24. The minimum Gasteiger partial charge on any atom is -0.399 e. The second-order valence-electron chi connectivity index (χ2n) is 3.65. The highest BCUT2D eigenvalue weighted by Crippen LogP contribution is 2.11. The first-order chi connectivity index (χ1) is 8.56. The van der Waals surface area contributed by atoms with Crippen molar-refractivity contribution in [3.63, 3.8) is 0 Å². The molecule has 6 nitrogen and oxygen atoms in total. The number of halogens is 1. The highest BCUT2D eigenvalue weighted by Gasteiger charge is 2.12. The Kier molecular flexibility index (Phi) is 3.22. The van der Waals surface area contributed by atoms with Crippen molar-refractivity contribution in [2.75, 3.05) is 5.73 Å². The van der Waals surface area contributed by atoms with Crippen LogP contribution in [0, 0.1) is 12.7 Å². The van der Waals surface area contributed by atoms with Gasteiger partial charge in [-0.3, -0.25) is 4.79 Å². The molecule has 0 atom stereocenters. The van der Waals surface area contributed by atoms with Crippen LogP contribution in [0.1, 0.15) is 22.1 Å². The van der Waals surface area contributed by atoms with Crippen LogP contribution in [0.2, 0.25) is 0 Å². The molecule has 0 bridgehead atoms. The average Bonchev–Trinajstić information content (AvgIpc) is 2.75. The van der Waals surface area contributed by atoms with Gasteiger partial charge in [-0.25, -0.2) is 4.39 Å². The Morgan fingerprint density at radius 3 is 3.00 bits per heavy atom. The van der Waals surface area contributed by atoms with Gasteiger partial charge in [0.15, 0.2) is 5.82 Å². The van der Waals surface area contributed by atoms with Gasteiger partial charge >= 0.3 is 0 Å². The molecule has 0 spiro atoms. The van der Waals surface area contributed by atoms with Crippen molar-refractivity contribution < 1.29 is 13.7 Å². The lowest BCUT2D eigenvalue weighted by molar-refractivity contribution is 0.0945. The smallest absolute Gasteiger partial charge is 0.254 e. The number of anilines is 1. The van der Waals surface area contributed by atoms with Gasteiger partial charge in [0.25, 0.3) is 5.91 Å². The lowest BCUT2D eigenvalue weighted by atomic mass is 10.2. The van der Waals surface area contributed by atoms with Crippen molar-refractivity contribution in [1.29, 1.82) is 0 Å². The van der Waals surface area contributed by atoms with Crippen molar-refractivity contribution in [1.82, 2.24) is 15.5 Å². The number of amides is 1. The fourth-order valence-electron chi connectivity index (χ4n) is 1.38. The molecular formula is C11H11FN4O2. The van der Waals surface area contributed by atoms with Crippen LogP contribution in [0.5, 0.6) is 0 Å². The molecule has 3 N–H and O–H groups in total. The summed E-state index contributed by atoms with van der Waals surface area (Å²) in [6.45, 7) is 1.69. The first-order valence-corrected chi connectivity index (χ1v) is 5.18. The molecule has 2 aromatic rings. The standard InChI is InChI=1S/C11H11FN4O2/c1-6-15-10(16-18-6)5-14-11(17)8-4-7(13)2-3-9(8)12/h2-4H,5,13H2,1H3,(H,14,17). The molecule has 7 heteroatoms. The lowest BCUT2D eigenvalue weighted by Gasteiger charge is -2.04. The molecule has 0 unspecified atom stereocenters. The van der Waals surface area contributed by atoms with Crippen molar-refractivity contribution in [2.45, 2.75) is 13.5 Å². The second kappa shape index (κ2) is 4.82. The molecule has 1 aromatic heterocycles. The zero-order chi connectivity index (χ0) is 13.1. The molecular weight excluding hydrogens is 239 g/mol. The molecule has 0 aliphatic carbocycles. The first kappa shape index (κ1) is 12.0. The number of nitrogens with one attached hydrogen (secondary N) is 1. The molecule has 0 fully saturated rings. The predicted molar refractivity (Wildman–Crippen MR) is 61.0 cm³/mol. The van der Waals surface area contributed by atoms with E-state index < -0.39 is 11.7 Å². The zero-order valence-corrected chi connectivity index (χ0v) is 9.61. The number of carbonyl (C=O) groups is 1. The van der Waals surface area contributed by atoms with Gasteiger partial charge in [-0.1, -0.05) is 5.16 Å². The number of aryl methyl sites for hydroxylation is 1. The number of nitrogens with zero attached hydrogens (tertiary/aromatic N) is 2. The predicted octanol–water partition coefficient (Wildman–Crippen LogP) is 1.03. The molecule has 0 saturated heterocycles. The van der Waals surface area contributed by atoms with E-state index in [9.17, 15) is 9.18 Å². The van der Waals surface area contributed by atoms with Crippen LogP contribution in [0.4, 0.5) is 10.1 Å². The molecule has 94 valence electrons. The van der Waals surface area contributed by atoms with Crippen molar-refractivity contribution in [2.24, 2.45) is 0 Å². The number of aromatic nitrogens is 2. The van der Waals surface area contributed by atoms with Crippen molar-refractivity contribution in [3.05, 3.63) is 41.3 Å². The van der Waals surface area contributed by atoms with Crippen LogP contribution in [0.25, 0.3) is 0 Å². The number of nitrogens with two attached hydrogens (primary N) is 1. The van der Waals surface area contributed by atoms with Crippen LogP contribution in [0.15, 0.2) is 22.7 Å². The maximum Gasteiger partial charge on any atom is 0.254 e. The summed E-state index contributed by atoms with van der Waals surface area (Å²) in [5.74, 6) is -0.493. The van der Waals surface area contributed by atoms with E-state index in [2.05, 4.69) is 15.5 Å². The molecule has 0 saturated carbocycles. The van der Waals surface area contributed by atoms with Gasteiger partial charge < -0.3 is 15.6 Å². The van der Waals surface area contributed by atoms with Gasteiger partial charge in [-0.2, -0.15) is 4.98 Å². The van der Waals surface area contributed by atoms with Gasteiger partial charge in [0.1, 0.15) is 5.82 Å². The zero-order valence-electron chi connectivity index (χ0n) is 9.61. The Labute approximate surface area is 102 Å². The number of hydrogen-bond acceptors (Lipinski definition) is 5. The Hall–Kier alpha value is -2.44. The summed E-state index contributed by atoms with van der Waals surface area (Å²) in [7, 11) is 0. The Balaban J connectivity index is 2.05. The second-order valence-corrected chi connectivity index (χ2v) is 3.65.